The second-order valence-corrected chi connectivity index (χ2v) is 5.62. The van der Waals surface area contributed by atoms with E-state index in [1.54, 1.807) is 30.3 Å². The molecule has 2 aromatic carbocycles. The van der Waals surface area contributed by atoms with Gasteiger partial charge in [-0.15, -0.1) is 0 Å². The average molecular weight is 398 g/mol. The lowest BCUT2D eigenvalue weighted by molar-refractivity contribution is -0.116. The first kappa shape index (κ1) is 20.5. The Bertz CT molecular complexity index is 799. The molecule has 0 aliphatic heterocycles. The normalized spacial score (nSPS) is 10.9. The van der Waals surface area contributed by atoms with Crippen LogP contribution in [0.4, 0.5) is 8.78 Å². The molecular weight excluding hydrogens is 380 g/mol. The summed E-state index contributed by atoms with van der Waals surface area (Å²) in [5, 5.41) is 3.18. The smallest absolute Gasteiger partial charge is 0.387 e. The predicted octanol–water partition coefficient (Wildman–Crippen LogP) is 4.16. The van der Waals surface area contributed by atoms with E-state index in [1.165, 1.54) is 31.4 Å². The van der Waals surface area contributed by atoms with Gasteiger partial charge in [0.05, 0.1) is 13.7 Å². The number of hydrogen-bond acceptors (Lipinski definition) is 4. The Balaban J connectivity index is 1.89. The molecule has 8 heteroatoms. The van der Waals surface area contributed by atoms with Gasteiger partial charge in [-0.05, 0) is 30.3 Å². The van der Waals surface area contributed by atoms with Crippen molar-refractivity contribution in [2.45, 2.75) is 6.61 Å². The highest BCUT2D eigenvalue weighted by Crippen LogP contribution is 2.33. The number of alkyl halides is 2. The van der Waals surface area contributed by atoms with Crippen molar-refractivity contribution in [3.63, 3.8) is 0 Å². The highest BCUT2D eigenvalue weighted by atomic mass is 35.5. The summed E-state index contributed by atoms with van der Waals surface area (Å²) in [6.45, 7) is -2.50. The summed E-state index contributed by atoms with van der Waals surface area (Å²) in [6, 6.07) is 11.5. The third-order valence-electron chi connectivity index (χ3n) is 3.32. The van der Waals surface area contributed by atoms with Crippen molar-refractivity contribution < 1.29 is 27.8 Å². The van der Waals surface area contributed by atoms with Crippen LogP contribution in [0.15, 0.2) is 48.5 Å². The monoisotopic (exact) mass is 397 g/mol. The van der Waals surface area contributed by atoms with E-state index >= 15 is 0 Å². The molecule has 0 saturated heterocycles. The zero-order chi connectivity index (χ0) is 19.6. The first-order valence-corrected chi connectivity index (χ1v) is 8.33. The summed E-state index contributed by atoms with van der Waals surface area (Å²) >= 11 is 5.85. The number of hydrogen-bond donors (Lipinski definition) is 1. The van der Waals surface area contributed by atoms with E-state index in [1.807, 2.05) is 0 Å². The molecule has 0 aliphatic rings. The Morgan fingerprint density at radius 1 is 1.26 bits per heavy atom. The number of carbonyl (C=O) groups excluding carboxylic acids is 1. The molecule has 144 valence electrons. The number of benzene rings is 2. The fourth-order valence-corrected chi connectivity index (χ4v) is 2.34. The summed E-state index contributed by atoms with van der Waals surface area (Å²) in [5.41, 5.74) is 0.292. The summed E-state index contributed by atoms with van der Waals surface area (Å²) < 4.78 is 40.1. The first-order valence-electron chi connectivity index (χ1n) is 7.95. The van der Waals surface area contributed by atoms with Crippen LogP contribution in [0.25, 0.3) is 6.08 Å². The standard InChI is InChI=1S/C19H18ClF2NO4/c1-25-16-7-2-4-13(18(16)27-19(21)22)8-9-17(24)23-10-11-26-15-6-3-5-14(20)12-15/h2-9,12,19H,10-11H2,1H3,(H,23,24). The fraction of sp³-hybridized carbons (Fsp3) is 0.211. The Kier molecular flexibility index (Phi) is 7.88. The van der Waals surface area contributed by atoms with Crippen molar-refractivity contribution in [3.05, 3.63) is 59.1 Å². The van der Waals surface area contributed by atoms with Crippen molar-refractivity contribution in [1.29, 1.82) is 0 Å². The van der Waals surface area contributed by atoms with E-state index in [4.69, 9.17) is 21.1 Å². The third-order valence-corrected chi connectivity index (χ3v) is 3.55. The van der Waals surface area contributed by atoms with E-state index in [2.05, 4.69) is 10.1 Å². The van der Waals surface area contributed by atoms with Crippen LogP contribution >= 0.6 is 11.6 Å². The van der Waals surface area contributed by atoms with Gasteiger partial charge in [0.1, 0.15) is 12.4 Å². The molecule has 0 spiro atoms. The fourth-order valence-electron chi connectivity index (χ4n) is 2.16. The molecule has 5 nitrogen and oxygen atoms in total. The summed E-state index contributed by atoms with van der Waals surface area (Å²) in [4.78, 5) is 11.9. The molecule has 1 N–H and O–H groups in total. The maximum Gasteiger partial charge on any atom is 0.387 e. The molecular formula is C19H18ClF2NO4. The minimum absolute atomic E-state index is 0.136. The minimum Gasteiger partial charge on any atom is -0.493 e. The molecule has 1 amide bonds. The topological polar surface area (TPSA) is 56.8 Å². The molecule has 0 unspecified atom stereocenters. The van der Waals surface area contributed by atoms with Gasteiger partial charge in [0.2, 0.25) is 5.91 Å². The van der Waals surface area contributed by atoms with Gasteiger partial charge in [0.25, 0.3) is 0 Å². The van der Waals surface area contributed by atoms with Gasteiger partial charge in [-0.3, -0.25) is 4.79 Å². The largest absolute Gasteiger partial charge is 0.493 e. The first-order chi connectivity index (χ1) is 13.0. The van der Waals surface area contributed by atoms with Gasteiger partial charge in [-0.2, -0.15) is 8.78 Å². The number of para-hydroxylation sites is 1. The Hall–Kier alpha value is -2.80. The number of amides is 1. The average Bonchev–Trinajstić information content (AvgIpc) is 2.64. The van der Waals surface area contributed by atoms with Gasteiger partial charge >= 0.3 is 6.61 Å². The molecule has 0 bridgehead atoms. The molecule has 2 rings (SSSR count). The van der Waals surface area contributed by atoms with Crippen molar-refractivity contribution in [3.8, 4) is 17.2 Å². The number of nitrogens with one attached hydrogen (secondary N) is 1. The van der Waals surface area contributed by atoms with Crippen LogP contribution in [0.3, 0.4) is 0 Å². The number of rotatable bonds is 9. The molecule has 0 saturated carbocycles. The number of carbonyl (C=O) groups is 1. The number of methoxy groups -OCH3 is 1. The lowest BCUT2D eigenvalue weighted by Crippen LogP contribution is -2.26. The summed E-state index contributed by atoms with van der Waals surface area (Å²) in [6.07, 6.45) is 2.58. The van der Waals surface area contributed by atoms with Gasteiger partial charge < -0.3 is 19.5 Å². The second-order valence-electron chi connectivity index (χ2n) is 5.19. The van der Waals surface area contributed by atoms with Gasteiger partial charge in [-0.1, -0.05) is 29.8 Å². The number of ether oxygens (including phenoxy) is 3. The second kappa shape index (κ2) is 10.4. The van der Waals surface area contributed by atoms with E-state index in [0.29, 0.717) is 16.3 Å². The lowest BCUT2D eigenvalue weighted by atomic mass is 10.1. The van der Waals surface area contributed by atoms with E-state index < -0.39 is 12.5 Å². The van der Waals surface area contributed by atoms with Gasteiger partial charge in [0.15, 0.2) is 11.5 Å². The quantitative estimate of drug-likeness (QED) is 0.510. The van der Waals surface area contributed by atoms with Gasteiger partial charge in [0, 0.05) is 16.7 Å². The molecule has 0 aromatic heterocycles. The Labute approximate surface area is 160 Å². The lowest BCUT2D eigenvalue weighted by Gasteiger charge is -2.12. The number of halogens is 3. The maximum absolute atomic E-state index is 12.6. The van der Waals surface area contributed by atoms with Crippen molar-refractivity contribution in [2.75, 3.05) is 20.3 Å². The maximum atomic E-state index is 12.6. The van der Waals surface area contributed by atoms with Crippen LogP contribution in [0.1, 0.15) is 5.56 Å². The van der Waals surface area contributed by atoms with E-state index in [-0.39, 0.29) is 24.7 Å². The van der Waals surface area contributed by atoms with Crippen LogP contribution < -0.4 is 19.5 Å². The molecule has 0 aliphatic carbocycles. The van der Waals surface area contributed by atoms with Crippen molar-refractivity contribution in [1.82, 2.24) is 5.32 Å². The molecule has 2 aromatic rings. The zero-order valence-electron chi connectivity index (χ0n) is 14.5. The Morgan fingerprint density at radius 3 is 2.74 bits per heavy atom. The molecule has 0 radical (unpaired) electrons. The van der Waals surface area contributed by atoms with E-state index in [9.17, 15) is 13.6 Å². The minimum atomic E-state index is -3.01. The van der Waals surface area contributed by atoms with Crippen LogP contribution in [0, 0.1) is 0 Å². The highest BCUT2D eigenvalue weighted by Gasteiger charge is 2.13. The summed E-state index contributed by atoms with van der Waals surface area (Å²) in [7, 11) is 1.34. The highest BCUT2D eigenvalue weighted by molar-refractivity contribution is 6.30. The SMILES string of the molecule is COc1cccc(C=CC(=O)NCCOc2cccc(Cl)c2)c1OC(F)F. The third kappa shape index (κ3) is 6.79. The van der Waals surface area contributed by atoms with Crippen LogP contribution in [0.5, 0.6) is 17.2 Å². The molecule has 0 fully saturated rings. The molecule has 0 heterocycles. The molecule has 27 heavy (non-hydrogen) atoms. The van der Waals surface area contributed by atoms with Gasteiger partial charge in [-0.25, -0.2) is 0 Å². The van der Waals surface area contributed by atoms with Crippen LogP contribution in [-0.4, -0.2) is 32.8 Å². The Morgan fingerprint density at radius 2 is 2.04 bits per heavy atom. The zero-order valence-corrected chi connectivity index (χ0v) is 15.2. The molecule has 0 atom stereocenters. The van der Waals surface area contributed by atoms with E-state index in [0.717, 1.165) is 0 Å². The van der Waals surface area contributed by atoms with Crippen LogP contribution in [0.2, 0.25) is 5.02 Å². The van der Waals surface area contributed by atoms with Crippen molar-refractivity contribution in [2.24, 2.45) is 0 Å². The van der Waals surface area contributed by atoms with Crippen LogP contribution in [-0.2, 0) is 4.79 Å². The summed E-state index contributed by atoms with van der Waals surface area (Å²) in [5.74, 6) is 0.198. The predicted molar refractivity (Wildman–Crippen MR) is 98.6 cm³/mol. The van der Waals surface area contributed by atoms with Crippen molar-refractivity contribution >= 4 is 23.6 Å².